The molecule has 17 heavy (non-hydrogen) atoms. The number of rotatable bonds is 3. The lowest BCUT2D eigenvalue weighted by Gasteiger charge is -2.30. The van der Waals surface area contributed by atoms with Crippen LogP contribution >= 0.6 is 11.6 Å². The van der Waals surface area contributed by atoms with Crippen LogP contribution in [-0.2, 0) is 12.7 Å². The molecular weight excluding hydrogens is 241 g/mol. The third-order valence-electron chi connectivity index (χ3n) is 3.43. The molecular formula is C12H19ClFN3. The van der Waals surface area contributed by atoms with E-state index in [1.165, 1.54) is 23.7 Å². The lowest BCUT2D eigenvalue weighted by molar-refractivity contribution is 0.135. The minimum Gasteiger partial charge on any atom is -0.314 e. The van der Waals surface area contributed by atoms with Crippen molar-refractivity contribution in [3.8, 4) is 0 Å². The van der Waals surface area contributed by atoms with E-state index in [0.717, 1.165) is 13.0 Å². The van der Waals surface area contributed by atoms with Crippen molar-refractivity contribution in [2.24, 2.45) is 7.05 Å². The van der Waals surface area contributed by atoms with Gasteiger partial charge in [0.25, 0.3) is 0 Å². The average molecular weight is 260 g/mol. The summed E-state index contributed by atoms with van der Waals surface area (Å²) in [6.45, 7) is 2.58. The Balaban J connectivity index is 2.12. The zero-order chi connectivity index (χ0) is 12.5. The second-order valence-electron chi connectivity index (χ2n) is 5.01. The van der Waals surface area contributed by atoms with Gasteiger partial charge in [0.05, 0.1) is 16.9 Å². The Morgan fingerprint density at radius 1 is 1.65 bits per heavy atom. The lowest BCUT2D eigenvalue weighted by Crippen LogP contribution is -2.39. The van der Waals surface area contributed by atoms with Gasteiger partial charge in [0.1, 0.15) is 0 Å². The maximum atomic E-state index is 14.8. The van der Waals surface area contributed by atoms with Gasteiger partial charge in [-0.2, -0.15) is 5.10 Å². The maximum absolute atomic E-state index is 14.8. The SMILES string of the molecule is Cn1ncc(Cl)c1C(C)(F)CC1CCCCN1. The van der Waals surface area contributed by atoms with Crippen LogP contribution in [0.15, 0.2) is 6.20 Å². The van der Waals surface area contributed by atoms with Crippen molar-refractivity contribution in [2.75, 3.05) is 6.54 Å². The van der Waals surface area contributed by atoms with E-state index in [9.17, 15) is 4.39 Å². The van der Waals surface area contributed by atoms with Crippen molar-refractivity contribution in [2.45, 2.75) is 44.3 Å². The molecule has 2 atom stereocenters. The van der Waals surface area contributed by atoms with Gasteiger partial charge in [0.15, 0.2) is 5.67 Å². The summed E-state index contributed by atoms with van der Waals surface area (Å²) in [6, 6.07) is 0.240. The van der Waals surface area contributed by atoms with Gasteiger partial charge in [-0.1, -0.05) is 18.0 Å². The van der Waals surface area contributed by atoms with E-state index in [1.807, 2.05) is 0 Å². The molecule has 1 aliphatic heterocycles. The third-order valence-corrected chi connectivity index (χ3v) is 3.71. The second kappa shape index (κ2) is 4.94. The number of hydrogen-bond donors (Lipinski definition) is 1. The topological polar surface area (TPSA) is 29.9 Å². The highest BCUT2D eigenvalue weighted by Gasteiger charge is 2.35. The van der Waals surface area contributed by atoms with Crippen LogP contribution in [0.4, 0.5) is 4.39 Å². The van der Waals surface area contributed by atoms with E-state index < -0.39 is 5.67 Å². The molecule has 0 amide bonds. The van der Waals surface area contributed by atoms with Crippen LogP contribution in [0, 0.1) is 0 Å². The van der Waals surface area contributed by atoms with E-state index in [1.54, 1.807) is 14.0 Å². The summed E-state index contributed by atoms with van der Waals surface area (Å²) in [4.78, 5) is 0. The summed E-state index contributed by atoms with van der Waals surface area (Å²) in [5.74, 6) is 0. The van der Waals surface area contributed by atoms with Crippen molar-refractivity contribution in [1.29, 1.82) is 0 Å². The highest BCUT2D eigenvalue weighted by Crippen LogP contribution is 2.36. The minimum atomic E-state index is -1.43. The summed E-state index contributed by atoms with van der Waals surface area (Å²) < 4.78 is 16.3. The van der Waals surface area contributed by atoms with Crippen molar-refractivity contribution < 1.29 is 4.39 Å². The van der Waals surface area contributed by atoms with Crippen molar-refractivity contribution in [3.63, 3.8) is 0 Å². The molecule has 2 rings (SSSR count). The van der Waals surface area contributed by atoms with Gasteiger partial charge in [0.2, 0.25) is 0 Å². The Morgan fingerprint density at radius 3 is 2.94 bits per heavy atom. The van der Waals surface area contributed by atoms with E-state index >= 15 is 0 Å². The molecule has 0 spiro atoms. The van der Waals surface area contributed by atoms with Gasteiger partial charge in [-0.05, 0) is 26.3 Å². The molecule has 1 saturated heterocycles. The zero-order valence-electron chi connectivity index (χ0n) is 10.3. The fraction of sp³-hybridized carbons (Fsp3) is 0.750. The van der Waals surface area contributed by atoms with Gasteiger partial charge in [-0.15, -0.1) is 0 Å². The molecule has 2 heterocycles. The Kier molecular flexibility index (Phi) is 3.73. The van der Waals surface area contributed by atoms with Crippen LogP contribution < -0.4 is 5.32 Å². The highest BCUT2D eigenvalue weighted by molar-refractivity contribution is 6.31. The van der Waals surface area contributed by atoms with Crippen LogP contribution in [0.2, 0.25) is 5.02 Å². The summed E-state index contributed by atoms with van der Waals surface area (Å²) in [5.41, 5.74) is -0.955. The van der Waals surface area contributed by atoms with Gasteiger partial charge in [-0.25, -0.2) is 4.39 Å². The first kappa shape index (κ1) is 12.8. The normalized spacial score (nSPS) is 24.6. The molecule has 1 aromatic heterocycles. The Labute approximate surface area is 106 Å². The summed E-state index contributed by atoms with van der Waals surface area (Å²) >= 11 is 6.00. The smallest absolute Gasteiger partial charge is 0.152 e. The molecule has 1 fully saturated rings. The van der Waals surface area contributed by atoms with E-state index in [2.05, 4.69) is 10.4 Å². The van der Waals surface area contributed by atoms with Crippen molar-refractivity contribution in [3.05, 3.63) is 16.9 Å². The minimum absolute atomic E-state index is 0.240. The fourth-order valence-electron chi connectivity index (χ4n) is 2.65. The van der Waals surface area contributed by atoms with Crippen molar-refractivity contribution in [1.82, 2.24) is 15.1 Å². The molecule has 0 bridgehead atoms. The fourth-order valence-corrected chi connectivity index (χ4v) is 3.02. The second-order valence-corrected chi connectivity index (χ2v) is 5.42. The molecule has 0 saturated carbocycles. The molecule has 1 aliphatic rings. The monoisotopic (exact) mass is 259 g/mol. The zero-order valence-corrected chi connectivity index (χ0v) is 11.1. The van der Waals surface area contributed by atoms with Crippen LogP contribution in [0.1, 0.15) is 38.3 Å². The number of nitrogens with one attached hydrogen (secondary N) is 1. The van der Waals surface area contributed by atoms with E-state index in [-0.39, 0.29) is 6.04 Å². The highest BCUT2D eigenvalue weighted by atomic mass is 35.5. The van der Waals surface area contributed by atoms with Gasteiger partial charge in [0, 0.05) is 19.5 Å². The average Bonchev–Trinajstić information content (AvgIpc) is 2.59. The lowest BCUT2D eigenvalue weighted by atomic mass is 9.90. The first-order chi connectivity index (χ1) is 8.00. The molecule has 5 heteroatoms. The first-order valence-electron chi connectivity index (χ1n) is 6.11. The number of aryl methyl sites for hydroxylation is 1. The quantitative estimate of drug-likeness (QED) is 0.905. The molecule has 1 N–H and O–H groups in total. The van der Waals surface area contributed by atoms with Gasteiger partial charge >= 0.3 is 0 Å². The van der Waals surface area contributed by atoms with Crippen LogP contribution in [0.25, 0.3) is 0 Å². The summed E-state index contributed by atoms with van der Waals surface area (Å²) in [7, 11) is 1.73. The predicted octanol–water partition coefficient (Wildman–Crippen LogP) is 2.79. The first-order valence-corrected chi connectivity index (χ1v) is 6.49. The number of piperidine rings is 1. The molecule has 1 aromatic rings. The number of nitrogens with zero attached hydrogens (tertiary/aromatic N) is 2. The summed E-state index contributed by atoms with van der Waals surface area (Å²) in [6.07, 6.45) is 5.35. The van der Waals surface area contributed by atoms with Crippen LogP contribution in [0.5, 0.6) is 0 Å². The standard InChI is InChI=1S/C12H19ClFN3/c1-12(14,7-9-5-3-4-6-15-9)11-10(13)8-16-17(11)2/h8-9,15H,3-7H2,1-2H3. The Hall–Kier alpha value is -0.610. The third kappa shape index (κ3) is 2.80. The van der Waals surface area contributed by atoms with Crippen LogP contribution in [-0.4, -0.2) is 22.4 Å². The van der Waals surface area contributed by atoms with Crippen LogP contribution in [0.3, 0.4) is 0 Å². The summed E-state index contributed by atoms with van der Waals surface area (Å²) in [5, 5.41) is 7.77. The largest absolute Gasteiger partial charge is 0.314 e. The molecule has 2 unspecified atom stereocenters. The van der Waals surface area contributed by atoms with Gasteiger partial charge in [-0.3, -0.25) is 4.68 Å². The molecule has 0 aliphatic carbocycles. The van der Waals surface area contributed by atoms with E-state index in [4.69, 9.17) is 11.6 Å². The molecule has 0 aromatic carbocycles. The van der Waals surface area contributed by atoms with Crippen molar-refractivity contribution >= 4 is 11.6 Å². The molecule has 96 valence electrons. The molecule has 0 radical (unpaired) electrons. The number of aromatic nitrogens is 2. The molecule has 3 nitrogen and oxygen atoms in total. The number of hydrogen-bond acceptors (Lipinski definition) is 2. The number of halogens is 2. The maximum Gasteiger partial charge on any atom is 0.152 e. The number of alkyl halides is 1. The van der Waals surface area contributed by atoms with E-state index in [0.29, 0.717) is 17.1 Å². The van der Waals surface area contributed by atoms with Gasteiger partial charge < -0.3 is 5.32 Å². The Morgan fingerprint density at radius 2 is 2.41 bits per heavy atom. The predicted molar refractivity (Wildman–Crippen MR) is 66.9 cm³/mol. The Bertz CT molecular complexity index is 364.